The van der Waals surface area contributed by atoms with Crippen molar-refractivity contribution in [2.24, 2.45) is 0 Å². The smallest absolute Gasteiger partial charge is 0.308 e. The van der Waals surface area contributed by atoms with E-state index >= 15 is 0 Å². The number of hydrogen-bond acceptors (Lipinski definition) is 3. The van der Waals surface area contributed by atoms with Gasteiger partial charge in [-0.25, -0.2) is 0 Å². The maximum atomic E-state index is 10.6. The predicted molar refractivity (Wildman–Crippen MR) is 113 cm³/mol. The van der Waals surface area contributed by atoms with Crippen LogP contribution in [0.3, 0.4) is 0 Å². The van der Waals surface area contributed by atoms with Crippen molar-refractivity contribution in [3.05, 3.63) is 75.9 Å². The van der Waals surface area contributed by atoms with E-state index in [1.165, 1.54) is 0 Å². The molecule has 0 atom stereocenters. The van der Waals surface area contributed by atoms with Gasteiger partial charge in [0, 0.05) is 0 Å². The second-order valence-electron chi connectivity index (χ2n) is 5.74. The van der Waals surface area contributed by atoms with E-state index < -0.39 is 25.2 Å². The summed E-state index contributed by atoms with van der Waals surface area (Å²) in [5.41, 5.74) is 0. The van der Waals surface area contributed by atoms with Crippen LogP contribution in [0.5, 0.6) is 0 Å². The van der Waals surface area contributed by atoms with Gasteiger partial charge in [0.2, 0.25) is 16.6 Å². The summed E-state index contributed by atoms with van der Waals surface area (Å²) in [6, 6.07) is 4.29. The minimum Gasteiger partial charge on any atom is -0.353 e. The predicted octanol–water partition coefficient (Wildman–Crippen LogP) is 6.25. The molecule has 0 aromatic heterocycles. The Morgan fingerprint density at radius 2 is 0.792 bits per heavy atom. The minimum absolute atomic E-state index is 0.715. The molecule has 0 aliphatic carbocycles. The third-order valence-electron chi connectivity index (χ3n) is 3.64. The number of allylic oxidation sites excluding steroid dienone is 6. The lowest BCUT2D eigenvalue weighted by molar-refractivity contribution is 0.370. The maximum Gasteiger partial charge on any atom is 0.308 e. The highest BCUT2D eigenvalue weighted by molar-refractivity contribution is 7.45. The number of hydrogen-bond donors (Lipinski definition) is 1. The molecule has 0 saturated carbocycles. The average molecular weight is 383 g/mol. The van der Waals surface area contributed by atoms with Crippen molar-refractivity contribution in [1.82, 2.24) is 0 Å². The van der Waals surface area contributed by atoms with Crippen LogP contribution < -0.4 is 0 Å². The summed E-state index contributed by atoms with van der Waals surface area (Å²) in [5.74, 6) is 0. The van der Waals surface area contributed by atoms with Crippen molar-refractivity contribution in [3.8, 4) is 0 Å². The van der Waals surface area contributed by atoms with Crippen molar-refractivity contribution in [2.75, 3.05) is 0 Å². The molecule has 0 rings (SSSR count). The molecular weight excluding hydrogens is 351 g/mol. The highest BCUT2D eigenvalue weighted by Gasteiger charge is 2.40. The van der Waals surface area contributed by atoms with Crippen LogP contribution in [0.25, 0.3) is 0 Å². The Hall–Kier alpha value is -0.816. The van der Waals surface area contributed by atoms with E-state index in [2.05, 4.69) is 39.5 Å². The van der Waals surface area contributed by atoms with Gasteiger partial charge >= 0.3 is 8.60 Å². The Bertz CT molecular complexity index is 358. The van der Waals surface area contributed by atoms with Crippen LogP contribution in [-0.4, -0.2) is 21.5 Å². The van der Waals surface area contributed by atoms with Gasteiger partial charge in [-0.15, -0.1) is 39.5 Å². The van der Waals surface area contributed by atoms with Crippen LogP contribution in [0.4, 0.5) is 0 Å². The first-order chi connectivity index (χ1) is 11.5. The molecule has 0 aromatic rings. The first-order valence-corrected chi connectivity index (χ1v) is 14.2. The van der Waals surface area contributed by atoms with Crippen molar-refractivity contribution >= 4 is 25.2 Å². The Labute approximate surface area is 151 Å². The van der Waals surface area contributed by atoms with E-state index in [0.717, 1.165) is 0 Å². The zero-order valence-corrected chi connectivity index (χ0v) is 17.6. The van der Waals surface area contributed by atoms with Gasteiger partial charge in [0.15, 0.2) is 0 Å². The Balaban J connectivity index is 5.32. The zero-order valence-electron chi connectivity index (χ0n) is 14.7. The Morgan fingerprint density at radius 1 is 0.583 bits per heavy atom. The van der Waals surface area contributed by atoms with Crippen LogP contribution in [0.15, 0.2) is 75.9 Å². The lowest BCUT2D eigenvalue weighted by Gasteiger charge is -2.35. The second-order valence-corrected chi connectivity index (χ2v) is 14.9. The first-order valence-electron chi connectivity index (χ1n) is 7.99. The van der Waals surface area contributed by atoms with Gasteiger partial charge in [-0.2, -0.15) is 0 Å². The molecule has 0 aliphatic rings. The molecule has 0 spiro atoms. The Morgan fingerprint density at radius 3 is 0.958 bits per heavy atom. The third-order valence-corrected chi connectivity index (χ3v) is 14.2. The molecular formula is C18H31O3PSi2. The van der Waals surface area contributed by atoms with E-state index in [-0.39, 0.29) is 0 Å². The first kappa shape index (κ1) is 23.2. The summed E-state index contributed by atoms with van der Waals surface area (Å²) < 4.78 is 12.2. The lowest BCUT2D eigenvalue weighted by Crippen LogP contribution is -2.39. The van der Waals surface area contributed by atoms with Crippen LogP contribution in [0.1, 0.15) is 0 Å². The molecule has 3 nitrogen and oxygen atoms in total. The van der Waals surface area contributed by atoms with Gasteiger partial charge in [-0.1, -0.05) is 36.5 Å². The quantitative estimate of drug-likeness (QED) is 0.195. The topological polar surface area (TPSA) is 38.7 Å². The normalized spacial score (nSPS) is 11.8. The monoisotopic (exact) mass is 382 g/mol. The molecule has 0 heterocycles. The van der Waals surface area contributed by atoms with Crippen LogP contribution in [0, 0.1) is 0 Å². The molecule has 0 aliphatic heterocycles. The van der Waals surface area contributed by atoms with Gasteiger partial charge in [0.05, 0.1) is 0 Å². The summed E-state index contributed by atoms with van der Waals surface area (Å²) >= 11 is 0. The van der Waals surface area contributed by atoms with Crippen molar-refractivity contribution in [3.63, 3.8) is 0 Å². The highest BCUT2D eigenvalue weighted by atomic mass is 31.2. The number of rotatable bonds is 16. The van der Waals surface area contributed by atoms with E-state index in [1.54, 1.807) is 0 Å². The van der Waals surface area contributed by atoms with E-state index in [4.69, 9.17) is 8.43 Å². The summed E-state index contributed by atoms with van der Waals surface area (Å²) in [6.07, 6.45) is 11.0. The molecule has 0 aromatic carbocycles. The van der Waals surface area contributed by atoms with Crippen LogP contribution >= 0.6 is 8.60 Å². The molecule has 134 valence electrons. The molecule has 0 saturated heterocycles. The lowest BCUT2D eigenvalue weighted by atomic mass is 10.7. The van der Waals surface area contributed by atoms with Crippen molar-refractivity contribution in [2.45, 2.75) is 36.3 Å². The molecule has 0 amide bonds. The van der Waals surface area contributed by atoms with E-state index in [9.17, 15) is 4.89 Å². The highest BCUT2D eigenvalue weighted by Crippen LogP contribution is 2.46. The second kappa shape index (κ2) is 12.5. The average Bonchev–Trinajstić information content (AvgIpc) is 2.48. The standard InChI is InChI=1S/C18H31O3PSi2/c1-7-13-23(14-8-2,15-9-3)20-22(19)21-24(16-10-4,17-11-5)18-12-6/h7-12,19H,1-6,13-18H2. The molecule has 1 N–H and O–H groups in total. The molecule has 0 bridgehead atoms. The summed E-state index contributed by atoms with van der Waals surface area (Å²) in [5, 5.41) is 0. The zero-order chi connectivity index (χ0) is 18.5. The van der Waals surface area contributed by atoms with Gasteiger partial charge in [0.1, 0.15) is 0 Å². The maximum absolute atomic E-state index is 10.6. The summed E-state index contributed by atoms with van der Waals surface area (Å²) in [6.45, 7) is 22.9. The van der Waals surface area contributed by atoms with Crippen LogP contribution in [0.2, 0.25) is 36.3 Å². The minimum atomic E-state index is -2.28. The van der Waals surface area contributed by atoms with Crippen molar-refractivity contribution in [1.29, 1.82) is 0 Å². The van der Waals surface area contributed by atoms with Gasteiger partial charge in [-0.05, 0) is 36.3 Å². The van der Waals surface area contributed by atoms with Crippen LogP contribution in [-0.2, 0) is 8.43 Å². The molecule has 6 heteroatoms. The SMILES string of the molecule is C=CC[Si](CC=C)(CC=C)OP(O)O[Si](CC=C)(CC=C)CC=C. The fourth-order valence-electron chi connectivity index (χ4n) is 2.65. The molecule has 0 fully saturated rings. The molecule has 0 radical (unpaired) electrons. The fraction of sp³-hybridized carbons (Fsp3) is 0.333. The largest absolute Gasteiger partial charge is 0.353 e. The van der Waals surface area contributed by atoms with Crippen molar-refractivity contribution < 1.29 is 13.3 Å². The van der Waals surface area contributed by atoms with Gasteiger partial charge in [0.25, 0.3) is 0 Å². The Kier molecular flexibility index (Phi) is 12.1. The molecule has 0 unspecified atom stereocenters. The van der Waals surface area contributed by atoms with Gasteiger partial charge < -0.3 is 13.3 Å². The van der Waals surface area contributed by atoms with E-state index in [0.29, 0.717) is 36.3 Å². The van der Waals surface area contributed by atoms with E-state index in [1.807, 2.05) is 36.5 Å². The van der Waals surface area contributed by atoms with Gasteiger partial charge in [-0.3, -0.25) is 0 Å². The third kappa shape index (κ3) is 7.84. The summed E-state index contributed by atoms with van der Waals surface area (Å²) in [4.78, 5) is 10.6. The fourth-order valence-corrected chi connectivity index (χ4v) is 11.7. The summed E-state index contributed by atoms with van der Waals surface area (Å²) in [7, 11) is -6.55. The molecule has 24 heavy (non-hydrogen) atoms.